The summed E-state index contributed by atoms with van der Waals surface area (Å²) in [6.07, 6.45) is 0. The summed E-state index contributed by atoms with van der Waals surface area (Å²) >= 11 is 12.0. The molecule has 32 heavy (non-hydrogen) atoms. The Morgan fingerprint density at radius 3 is 2.44 bits per heavy atom. The molecule has 0 radical (unpaired) electrons. The summed E-state index contributed by atoms with van der Waals surface area (Å²) in [5.74, 6) is 0.0163. The minimum atomic E-state index is -0.972. The van der Waals surface area contributed by atoms with E-state index in [1.54, 1.807) is 6.92 Å². The number of methoxy groups -OCH3 is 2. The quantitative estimate of drug-likeness (QED) is 0.419. The lowest BCUT2D eigenvalue weighted by Gasteiger charge is -2.28. The molecule has 10 nitrogen and oxygen atoms in total. The standard InChI is InChI=1S/C20H18Cl2N4O6/c1-9-17(19(27)24-13-8-15(31-2)12(22)7-16(13)32-3)18(25-20(28)23-9)10-4-5-11(21)14(6-10)26(29)30/h4-8,18H,1-3H3,(H,24,27)(H2,23,25,28)/t18-/m0/s1. The molecule has 3 N–H and O–H groups in total. The van der Waals surface area contributed by atoms with E-state index in [2.05, 4.69) is 16.0 Å². The Kier molecular flexibility index (Phi) is 6.75. The number of hydrogen-bond acceptors (Lipinski definition) is 6. The van der Waals surface area contributed by atoms with Crippen LogP contribution in [0.15, 0.2) is 41.6 Å². The number of carbonyl (C=O) groups is 2. The van der Waals surface area contributed by atoms with E-state index < -0.39 is 22.9 Å². The predicted octanol–water partition coefficient (Wildman–Crippen LogP) is 4.19. The van der Waals surface area contributed by atoms with E-state index in [1.165, 1.54) is 44.6 Å². The van der Waals surface area contributed by atoms with Crippen LogP contribution in [0, 0.1) is 10.1 Å². The van der Waals surface area contributed by atoms with Gasteiger partial charge in [0.2, 0.25) is 0 Å². The zero-order chi connectivity index (χ0) is 23.6. The summed E-state index contributed by atoms with van der Waals surface area (Å²) in [7, 11) is 2.84. The first kappa shape index (κ1) is 23.2. The molecule has 0 fully saturated rings. The number of nitrogens with one attached hydrogen (secondary N) is 3. The van der Waals surface area contributed by atoms with Gasteiger partial charge in [0.05, 0.1) is 41.5 Å². The second-order valence-corrected chi connectivity index (χ2v) is 7.49. The second-order valence-electron chi connectivity index (χ2n) is 6.68. The molecule has 168 valence electrons. The Hall–Kier alpha value is -3.50. The highest BCUT2D eigenvalue weighted by Gasteiger charge is 2.33. The van der Waals surface area contributed by atoms with Crippen LogP contribution in [-0.4, -0.2) is 31.1 Å². The number of rotatable bonds is 6. The summed E-state index contributed by atoms with van der Waals surface area (Å²) in [5, 5.41) is 19.4. The lowest BCUT2D eigenvalue weighted by Crippen LogP contribution is -2.46. The molecule has 0 saturated heterocycles. The van der Waals surface area contributed by atoms with E-state index >= 15 is 0 Å². The minimum absolute atomic E-state index is 0.0660. The highest BCUT2D eigenvalue weighted by molar-refractivity contribution is 6.33. The number of anilines is 1. The predicted molar refractivity (Wildman–Crippen MR) is 118 cm³/mol. The van der Waals surface area contributed by atoms with Crippen LogP contribution in [0.25, 0.3) is 0 Å². The van der Waals surface area contributed by atoms with Crippen LogP contribution in [0.1, 0.15) is 18.5 Å². The molecule has 0 spiro atoms. The van der Waals surface area contributed by atoms with E-state index in [1.807, 2.05) is 0 Å². The summed E-state index contributed by atoms with van der Waals surface area (Å²) < 4.78 is 10.5. The molecule has 0 aromatic heterocycles. The molecule has 2 aromatic rings. The highest BCUT2D eigenvalue weighted by atomic mass is 35.5. The fourth-order valence-electron chi connectivity index (χ4n) is 3.24. The van der Waals surface area contributed by atoms with Crippen LogP contribution in [0.2, 0.25) is 10.0 Å². The minimum Gasteiger partial charge on any atom is -0.495 e. The Balaban J connectivity index is 2.03. The van der Waals surface area contributed by atoms with E-state index in [4.69, 9.17) is 32.7 Å². The smallest absolute Gasteiger partial charge is 0.319 e. The number of halogens is 2. The maximum Gasteiger partial charge on any atom is 0.319 e. The third-order valence-corrected chi connectivity index (χ3v) is 5.35. The summed E-state index contributed by atoms with van der Waals surface area (Å²) in [6.45, 7) is 1.55. The summed E-state index contributed by atoms with van der Waals surface area (Å²) in [4.78, 5) is 36.0. The number of amides is 3. The molecule has 0 saturated carbocycles. The van der Waals surface area contributed by atoms with Gasteiger partial charge in [0.1, 0.15) is 16.5 Å². The lowest BCUT2D eigenvalue weighted by molar-refractivity contribution is -0.384. The number of allylic oxidation sites excluding steroid dienone is 1. The first-order valence-corrected chi connectivity index (χ1v) is 9.86. The monoisotopic (exact) mass is 480 g/mol. The zero-order valence-electron chi connectivity index (χ0n) is 17.1. The summed E-state index contributed by atoms with van der Waals surface area (Å²) in [6, 6.07) is 5.49. The van der Waals surface area contributed by atoms with Gasteiger partial charge in [-0.2, -0.15) is 0 Å². The van der Waals surface area contributed by atoms with E-state index in [-0.39, 0.29) is 38.4 Å². The van der Waals surface area contributed by atoms with Crippen molar-refractivity contribution in [1.82, 2.24) is 10.6 Å². The van der Waals surface area contributed by atoms with Gasteiger partial charge in [-0.1, -0.05) is 29.3 Å². The molecule has 0 aliphatic carbocycles. The van der Waals surface area contributed by atoms with Crippen molar-refractivity contribution in [3.63, 3.8) is 0 Å². The van der Waals surface area contributed by atoms with E-state index in [0.717, 1.165) is 0 Å². The van der Waals surface area contributed by atoms with E-state index in [9.17, 15) is 19.7 Å². The van der Waals surface area contributed by atoms with Gasteiger partial charge in [-0.15, -0.1) is 0 Å². The third-order valence-electron chi connectivity index (χ3n) is 4.74. The molecule has 0 bridgehead atoms. The molecule has 2 aromatic carbocycles. The van der Waals surface area contributed by atoms with Gasteiger partial charge in [-0.25, -0.2) is 4.79 Å². The van der Waals surface area contributed by atoms with Gasteiger partial charge >= 0.3 is 6.03 Å². The highest BCUT2D eigenvalue weighted by Crippen LogP contribution is 2.37. The van der Waals surface area contributed by atoms with Gasteiger partial charge in [0.25, 0.3) is 11.6 Å². The zero-order valence-corrected chi connectivity index (χ0v) is 18.6. The first-order valence-electron chi connectivity index (χ1n) is 9.11. The van der Waals surface area contributed by atoms with Crippen LogP contribution in [-0.2, 0) is 4.79 Å². The molecule has 1 atom stereocenters. The lowest BCUT2D eigenvalue weighted by atomic mass is 9.94. The van der Waals surface area contributed by atoms with Gasteiger partial charge in [0, 0.05) is 23.9 Å². The molecule has 0 unspecified atom stereocenters. The number of nitro groups is 1. The first-order chi connectivity index (χ1) is 15.2. The van der Waals surface area contributed by atoms with Crippen molar-refractivity contribution >= 4 is 46.5 Å². The van der Waals surface area contributed by atoms with Gasteiger partial charge in [0.15, 0.2) is 0 Å². The van der Waals surface area contributed by atoms with E-state index in [0.29, 0.717) is 11.3 Å². The molecular weight excluding hydrogens is 463 g/mol. The van der Waals surface area contributed by atoms with Crippen molar-refractivity contribution in [2.45, 2.75) is 13.0 Å². The van der Waals surface area contributed by atoms with Gasteiger partial charge in [-0.3, -0.25) is 14.9 Å². The molecule has 3 rings (SSSR count). The number of ether oxygens (including phenoxy) is 2. The van der Waals surface area contributed by atoms with Crippen LogP contribution < -0.4 is 25.4 Å². The van der Waals surface area contributed by atoms with Crippen molar-refractivity contribution in [2.75, 3.05) is 19.5 Å². The van der Waals surface area contributed by atoms with Crippen LogP contribution in [0.4, 0.5) is 16.2 Å². The van der Waals surface area contributed by atoms with Crippen molar-refractivity contribution in [3.8, 4) is 11.5 Å². The number of carbonyl (C=O) groups excluding carboxylic acids is 2. The SMILES string of the molecule is COc1cc(NC(=O)C2=C(C)NC(=O)N[C@H]2c2ccc(Cl)c([N+](=O)[O-])c2)c(OC)cc1Cl. The van der Waals surface area contributed by atoms with Crippen molar-refractivity contribution in [3.05, 3.63) is 67.3 Å². The molecule has 3 amide bonds. The van der Waals surface area contributed by atoms with Crippen molar-refractivity contribution in [2.24, 2.45) is 0 Å². The largest absolute Gasteiger partial charge is 0.495 e. The fourth-order valence-corrected chi connectivity index (χ4v) is 3.66. The number of hydrogen-bond donors (Lipinski definition) is 3. The molecule has 1 heterocycles. The Morgan fingerprint density at radius 2 is 1.81 bits per heavy atom. The number of urea groups is 1. The normalized spacial score (nSPS) is 15.5. The second kappa shape index (κ2) is 9.33. The molecule has 12 heteroatoms. The molecule has 1 aliphatic rings. The third kappa shape index (κ3) is 4.56. The maximum atomic E-state index is 13.3. The van der Waals surface area contributed by atoms with Crippen LogP contribution >= 0.6 is 23.2 Å². The number of benzene rings is 2. The molecule has 1 aliphatic heterocycles. The Morgan fingerprint density at radius 1 is 1.12 bits per heavy atom. The number of nitro benzene ring substituents is 1. The van der Waals surface area contributed by atoms with Crippen LogP contribution in [0.5, 0.6) is 11.5 Å². The maximum absolute atomic E-state index is 13.3. The average Bonchev–Trinajstić information content (AvgIpc) is 2.74. The fraction of sp³-hybridized carbons (Fsp3) is 0.200. The van der Waals surface area contributed by atoms with Crippen molar-refractivity contribution < 1.29 is 24.0 Å². The Bertz CT molecular complexity index is 1150. The van der Waals surface area contributed by atoms with Gasteiger partial charge < -0.3 is 25.4 Å². The Labute approximate surface area is 192 Å². The average molecular weight is 481 g/mol. The topological polar surface area (TPSA) is 132 Å². The summed E-state index contributed by atoms with van der Waals surface area (Å²) in [5.41, 5.74) is 0.641. The van der Waals surface area contributed by atoms with Gasteiger partial charge in [-0.05, 0) is 18.6 Å². The van der Waals surface area contributed by atoms with Crippen molar-refractivity contribution in [1.29, 1.82) is 0 Å². The number of nitrogens with zero attached hydrogens (tertiary/aromatic N) is 1. The molecular formula is C20H18Cl2N4O6. The van der Waals surface area contributed by atoms with Crippen LogP contribution in [0.3, 0.4) is 0 Å².